The van der Waals surface area contributed by atoms with Crippen molar-refractivity contribution < 1.29 is 41.1 Å². The van der Waals surface area contributed by atoms with Gasteiger partial charge in [-0.2, -0.15) is 13.2 Å². The van der Waals surface area contributed by atoms with E-state index < -0.39 is 34.9 Å². The fourth-order valence-corrected chi connectivity index (χ4v) is 5.40. The molecule has 15 heteroatoms. The normalized spacial score (nSPS) is 14.2. The highest BCUT2D eigenvalue weighted by Crippen LogP contribution is 2.42. The minimum atomic E-state index is -4.77. The fraction of sp³-hybridized carbons (Fsp3) is 0.344. The zero-order valence-electron chi connectivity index (χ0n) is 25.8. The molecule has 0 amide bonds. The van der Waals surface area contributed by atoms with Crippen molar-refractivity contribution in [2.24, 2.45) is 0 Å². The number of ether oxygens (including phenoxy) is 1. The molecule has 2 aromatic heterocycles. The monoisotopic (exact) mass is 660 g/mol. The highest BCUT2D eigenvalue weighted by Gasteiger charge is 2.48. The van der Waals surface area contributed by atoms with Crippen LogP contribution in [-0.2, 0) is 16.5 Å². The number of benzene rings is 2. The number of halogens is 5. The summed E-state index contributed by atoms with van der Waals surface area (Å²) in [4.78, 5) is 19.6. The molecule has 0 bridgehead atoms. The summed E-state index contributed by atoms with van der Waals surface area (Å²) in [5, 5.41) is 15.9. The van der Waals surface area contributed by atoms with Gasteiger partial charge in [0.1, 0.15) is 17.1 Å². The van der Waals surface area contributed by atoms with Crippen molar-refractivity contribution in [2.45, 2.75) is 44.3 Å². The maximum Gasteiger partial charge on any atom is 0.417 e. The first kappa shape index (κ1) is 33.4. The Hall–Kier alpha value is -4.92. The van der Waals surface area contributed by atoms with Crippen LogP contribution < -0.4 is 15.2 Å². The van der Waals surface area contributed by atoms with Crippen molar-refractivity contribution in [3.05, 3.63) is 83.6 Å². The number of rotatable bonds is 13. The maximum atomic E-state index is 14.5. The van der Waals surface area contributed by atoms with Crippen LogP contribution in [0.5, 0.6) is 5.75 Å². The van der Waals surface area contributed by atoms with E-state index in [1.54, 1.807) is 0 Å². The highest BCUT2D eigenvalue weighted by atomic mass is 19.4. The molecule has 0 fully saturated rings. The molecule has 0 saturated heterocycles. The van der Waals surface area contributed by atoms with Crippen molar-refractivity contribution in [3.63, 3.8) is 0 Å². The Morgan fingerprint density at radius 1 is 1.13 bits per heavy atom. The third-order valence-electron chi connectivity index (χ3n) is 7.73. The smallest absolute Gasteiger partial charge is 0.417 e. The van der Waals surface area contributed by atoms with E-state index >= 15 is 0 Å². The van der Waals surface area contributed by atoms with E-state index in [9.17, 15) is 31.9 Å². The van der Waals surface area contributed by atoms with Crippen molar-refractivity contribution in [1.29, 1.82) is 0 Å². The van der Waals surface area contributed by atoms with Gasteiger partial charge in [-0.15, -0.1) is 0 Å². The summed E-state index contributed by atoms with van der Waals surface area (Å²) >= 11 is 0. The number of unbranched alkanes of at least 4 members (excludes halogenated alkanes) is 1. The third-order valence-corrected chi connectivity index (χ3v) is 7.73. The van der Waals surface area contributed by atoms with Crippen molar-refractivity contribution in [2.75, 3.05) is 37.7 Å². The van der Waals surface area contributed by atoms with Crippen LogP contribution in [0.3, 0.4) is 0 Å². The van der Waals surface area contributed by atoms with E-state index in [1.165, 1.54) is 58.5 Å². The molecule has 250 valence electrons. The first-order valence-electron chi connectivity index (χ1n) is 14.8. The summed E-state index contributed by atoms with van der Waals surface area (Å²) in [7, 11) is 3.75. The Kier molecular flexibility index (Phi) is 9.56. The Bertz CT molecular complexity index is 1770. The van der Waals surface area contributed by atoms with Crippen LogP contribution in [0.1, 0.15) is 49.6 Å². The zero-order valence-corrected chi connectivity index (χ0v) is 25.8. The second kappa shape index (κ2) is 13.4. The van der Waals surface area contributed by atoms with Gasteiger partial charge in [-0.25, -0.2) is 18.6 Å². The molecule has 0 spiro atoms. The average Bonchev–Trinajstić information content (AvgIpc) is 3.69. The van der Waals surface area contributed by atoms with E-state index in [2.05, 4.69) is 15.6 Å². The molecule has 10 nitrogen and oxygen atoms in total. The number of carboxylic acids is 1. The molecule has 0 radical (unpaired) electrons. The lowest BCUT2D eigenvalue weighted by Crippen LogP contribution is -2.43. The molecule has 0 aliphatic carbocycles. The minimum absolute atomic E-state index is 0.0314. The lowest BCUT2D eigenvalue weighted by atomic mass is 9.88. The van der Waals surface area contributed by atoms with Gasteiger partial charge < -0.3 is 23.8 Å². The quantitative estimate of drug-likeness (QED) is 0.116. The lowest BCUT2D eigenvalue weighted by Gasteiger charge is -2.31. The number of imidazole rings is 1. The highest BCUT2D eigenvalue weighted by molar-refractivity contribution is 5.83. The summed E-state index contributed by atoms with van der Waals surface area (Å²) in [6.45, 7) is 2.71. The molecule has 47 heavy (non-hydrogen) atoms. The van der Waals surface area contributed by atoms with Gasteiger partial charge in [-0.05, 0) is 82.7 Å². The molecular weight excluding hydrogens is 627 g/mol. The molecule has 2 aromatic carbocycles. The predicted octanol–water partition coefficient (Wildman–Crippen LogP) is 7.00. The standard InChI is InChI=1S/C32H33F5N6O4/c1-4-16-46-20-10-11-21(22(17-20)32(35,36)37)24-18-27(47-40-24)31(30(44)45,13-5-6-14-41(2)3)42-19-38-29-26(42)12-15-43(39-29)25-9-7-8-23(33)28(25)34/h7-12,15,17-19,39H,4-6,13-14,16H2,1-3H3,(H,44,45). The predicted molar refractivity (Wildman–Crippen MR) is 164 cm³/mol. The van der Waals surface area contributed by atoms with E-state index in [4.69, 9.17) is 9.26 Å². The van der Waals surface area contributed by atoms with Crippen LogP contribution in [0.2, 0.25) is 0 Å². The topological polar surface area (TPSA) is 109 Å². The number of aliphatic carboxylic acids is 1. The van der Waals surface area contributed by atoms with Crippen LogP contribution in [0.15, 0.2) is 59.5 Å². The molecular formula is C32H33F5N6O4. The van der Waals surface area contributed by atoms with Crippen LogP contribution in [0.25, 0.3) is 17.3 Å². The van der Waals surface area contributed by atoms with Crippen molar-refractivity contribution >= 4 is 23.6 Å². The van der Waals surface area contributed by atoms with Crippen LogP contribution >= 0.6 is 0 Å². The first-order valence-corrected chi connectivity index (χ1v) is 14.8. The second-order valence-electron chi connectivity index (χ2n) is 11.3. The average molecular weight is 661 g/mol. The Labute approximate surface area is 267 Å². The summed E-state index contributed by atoms with van der Waals surface area (Å²) in [6.07, 6.45) is 0.846. The van der Waals surface area contributed by atoms with Gasteiger partial charge in [0.2, 0.25) is 5.54 Å². The Morgan fingerprint density at radius 3 is 2.62 bits per heavy atom. The molecule has 5 rings (SSSR count). The molecule has 0 saturated carbocycles. The number of nitrogens with one attached hydrogen (secondary N) is 1. The summed E-state index contributed by atoms with van der Waals surface area (Å²) in [6, 6.07) is 8.31. The molecule has 1 aliphatic rings. The number of nitrogens with zero attached hydrogens (tertiary/aromatic N) is 5. The van der Waals surface area contributed by atoms with E-state index in [0.29, 0.717) is 25.8 Å². The van der Waals surface area contributed by atoms with Crippen LogP contribution in [0, 0.1) is 11.6 Å². The molecule has 4 aromatic rings. The van der Waals surface area contributed by atoms with Gasteiger partial charge in [-0.3, -0.25) is 10.4 Å². The van der Waals surface area contributed by atoms with E-state index in [-0.39, 0.29) is 53.0 Å². The van der Waals surface area contributed by atoms with E-state index in [0.717, 1.165) is 12.1 Å². The number of anilines is 2. The summed E-state index contributed by atoms with van der Waals surface area (Å²) in [5.74, 6) is -3.60. The van der Waals surface area contributed by atoms with Crippen molar-refractivity contribution in [1.82, 2.24) is 19.6 Å². The second-order valence-corrected chi connectivity index (χ2v) is 11.3. The van der Waals surface area contributed by atoms with Gasteiger partial charge >= 0.3 is 12.1 Å². The number of carbonyl (C=O) groups is 1. The number of carboxylic acid groups (broad SMARTS) is 1. The molecule has 1 aliphatic heterocycles. The van der Waals surface area contributed by atoms with Gasteiger partial charge in [0.05, 0.1) is 24.2 Å². The Balaban J connectivity index is 1.59. The summed E-state index contributed by atoms with van der Waals surface area (Å²) < 4.78 is 83.4. The van der Waals surface area contributed by atoms with E-state index in [1.807, 2.05) is 25.9 Å². The summed E-state index contributed by atoms with van der Waals surface area (Å²) in [5.41, 5.74) is -0.595. The molecule has 3 heterocycles. The molecule has 1 atom stereocenters. The number of fused-ring (bicyclic) bond motifs is 1. The van der Waals surface area contributed by atoms with Gasteiger partial charge in [-0.1, -0.05) is 18.1 Å². The molecule has 2 N–H and O–H groups in total. The number of aromatic nitrogens is 3. The largest absolute Gasteiger partial charge is 0.494 e. The molecule has 1 unspecified atom stereocenters. The fourth-order valence-electron chi connectivity index (χ4n) is 5.40. The van der Waals surface area contributed by atoms with Gasteiger partial charge in [0.25, 0.3) is 0 Å². The van der Waals surface area contributed by atoms with Crippen LogP contribution in [0.4, 0.5) is 33.5 Å². The van der Waals surface area contributed by atoms with Gasteiger partial charge in [0.15, 0.2) is 23.2 Å². The van der Waals surface area contributed by atoms with Crippen molar-refractivity contribution in [3.8, 4) is 17.0 Å². The number of hydrogen-bond acceptors (Lipinski definition) is 8. The minimum Gasteiger partial charge on any atom is -0.494 e. The Morgan fingerprint density at radius 2 is 1.91 bits per heavy atom. The van der Waals surface area contributed by atoms with Gasteiger partial charge in [0, 0.05) is 17.8 Å². The number of hydrazine groups is 1. The first-order chi connectivity index (χ1) is 22.4. The SMILES string of the molecule is CCCOc1ccc(-c2cc(C(CCCCN(C)C)(C(=O)O)n3cnc4c3C=CN(c3cccc(F)c3F)N4)on2)c(C(F)(F)F)c1. The van der Waals surface area contributed by atoms with Crippen LogP contribution in [-0.4, -0.2) is 57.9 Å². The zero-order chi connectivity index (χ0) is 33.9. The number of alkyl halides is 3. The number of hydrogen-bond donors (Lipinski definition) is 2. The lowest BCUT2D eigenvalue weighted by molar-refractivity contribution is -0.146. The maximum absolute atomic E-state index is 14.5. The third kappa shape index (κ3) is 6.66.